The number of hydrogen-bond acceptors (Lipinski definition) is 2. The summed E-state index contributed by atoms with van der Waals surface area (Å²) in [5.41, 5.74) is 1.15. The van der Waals surface area contributed by atoms with Gasteiger partial charge in [0.25, 0.3) is 0 Å². The van der Waals surface area contributed by atoms with Crippen LogP contribution in [0.25, 0.3) is 0 Å². The molecule has 1 atom stereocenters. The summed E-state index contributed by atoms with van der Waals surface area (Å²) >= 11 is 0. The van der Waals surface area contributed by atoms with Gasteiger partial charge in [0.15, 0.2) is 0 Å². The lowest BCUT2D eigenvalue weighted by Gasteiger charge is -2.07. The van der Waals surface area contributed by atoms with E-state index in [0.717, 1.165) is 18.7 Å². The molecule has 3 heteroatoms. The number of rotatable bonds is 5. The zero-order valence-electron chi connectivity index (χ0n) is 7.38. The number of hydrogen-bond donors (Lipinski definition) is 3. The van der Waals surface area contributed by atoms with E-state index in [-0.39, 0.29) is 6.10 Å². The molecule has 1 aromatic rings. The van der Waals surface area contributed by atoms with E-state index in [4.69, 9.17) is 0 Å². The first-order valence-corrected chi connectivity index (χ1v) is 4.34. The molecular formula is C9H16N2O. The summed E-state index contributed by atoms with van der Waals surface area (Å²) in [7, 11) is 0. The van der Waals surface area contributed by atoms with E-state index >= 15 is 0 Å². The highest BCUT2D eigenvalue weighted by Crippen LogP contribution is 1.93. The third-order valence-corrected chi connectivity index (χ3v) is 1.83. The Morgan fingerprint density at radius 2 is 2.50 bits per heavy atom. The van der Waals surface area contributed by atoms with Crippen LogP contribution in [0.15, 0.2) is 18.3 Å². The van der Waals surface area contributed by atoms with Gasteiger partial charge < -0.3 is 15.4 Å². The molecule has 68 valence electrons. The smallest absolute Gasteiger partial charge is 0.0662 e. The zero-order chi connectivity index (χ0) is 8.81. The third kappa shape index (κ3) is 3.07. The third-order valence-electron chi connectivity index (χ3n) is 1.83. The van der Waals surface area contributed by atoms with Gasteiger partial charge in [0.05, 0.1) is 6.10 Å². The second kappa shape index (κ2) is 4.95. The van der Waals surface area contributed by atoms with Crippen molar-refractivity contribution in [2.24, 2.45) is 0 Å². The van der Waals surface area contributed by atoms with Crippen LogP contribution in [0.4, 0.5) is 0 Å². The van der Waals surface area contributed by atoms with Crippen LogP contribution in [-0.4, -0.2) is 22.7 Å². The Balaban J connectivity index is 2.11. The first-order chi connectivity index (χ1) is 5.83. The van der Waals surface area contributed by atoms with E-state index in [1.807, 2.05) is 25.3 Å². The molecule has 1 unspecified atom stereocenters. The van der Waals surface area contributed by atoms with Crippen LogP contribution < -0.4 is 5.32 Å². The lowest BCUT2D eigenvalue weighted by molar-refractivity contribution is 0.167. The highest BCUT2D eigenvalue weighted by molar-refractivity contribution is 5.02. The molecule has 0 saturated carbocycles. The van der Waals surface area contributed by atoms with E-state index in [1.54, 1.807) is 0 Å². The number of aliphatic hydroxyl groups excluding tert-OH is 1. The first-order valence-electron chi connectivity index (χ1n) is 4.34. The maximum atomic E-state index is 9.21. The predicted molar refractivity (Wildman–Crippen MR) is 48.8 cm³/mol. The van der Waals surface area contributed by atoms with Gasteiger partial charge in [-0.05, 0) is 18.6 Å². The van der Waals surface area contributed by atoms with Crippen molar-refractivity contribution in [3.63, 3.8) is 0 Å². The summed E-state index contributed by atoms with van der Waals surface area (Å²) in [6, 6.07) is 3.98. The minimum absolute atomic E-state index is 0.222. The number of aromatic amines is 1. The molecular weight excluding hydrogens is 152 g/mol. The second-order valence-corrected chi connectivity index (χ2v) is 2.89. The van der Waals surface area contributed by atoms with Crippen molar-refractivity contribution >= 4 is 0 Å². The van der Waals surface area contributed by atoms with Gasteiger partial charge in [-0.1, -0.05) is 6.92 Å². The van der Waals surface area contributed by atoms with Crippen LogP contribution in [0.2, 0.25) is 0 Å². The summed E-state index contributed by atoms with van der Waals surface area (Å²) in [5.74, 6) is 0. The molecule has 3 nitrogen and oxygen atoms in total. The summed E-state index contributed by atoms with van der Waals surface area (Å²) in [4.78, 5) is 3.08. The molecule has 0 aromatic carbocycles. The average Bonchev–Trinajstić information content (AvgIpc) is 2.57. The van der Waals surface area contributed by atoms with Gasteiger partial charge in [0.2, 0.25) is 0 Å². The Kier molecular flexibility index (Phi) is 3.84. The Bertz CT molecular complexity index is 196. The minimum atomic E-state index is -0.222. The van der Waals surface area contributed by atoms with Gasteiger partial charge in [-0.3, -0.25) is 0 Å². The maximum absolute atomic E-state index is 9.21. The fraction of sp³-hybridized carbons (Fsp3) is 0.556. The van der Waals surface area contributed by atoms with E-state index in [0.29, 0.717) is 6.54 Å². The molecule has 3 N–H and O–H groups in total. The summed E-state index contributed by atoms with van der Waals surface area (Å²) in [5, 5.41) is 12.4. The predicted octanol–water partition coefficient (Wildman–Crippen LogP) is 0.875. The van der Waals surface area contributed by atoms with Gasteiger partial charge in [-0.15, -0.1) is 0 Å². The standard InChI is InChI=1S/C9H16N2O/c1-2-9(12)7-10-6-8-4-3-5-11-8/h3-5,9-12H,2,6-7H2,1H3. The van der Waals surface area contributed by atoms with Gasteiger partial charge in [0, 0.05) is 25.0 Å². The van der Waals surface area contributed by atoms with E-state index < -0.39 is 0 Å². The van der Waals surface area contributed by atoms with Crippen LogP contribution in [0.5, 0.6) is 0 Å². The molecule has 0 radical (unpaired) electrons. The maximum Gasteiger partial charge on any atom is 0.0662 e. The summed E-state index contributed by atoms with van der Waals surface area (Å²) in [6.07, 6.45) is 2.48. The molecule has 0 aliphatic heterocycles. The molecule has 0 amide bonds. The summed E-state index contributed by atoms with van der Waals surface area (Å²) in [6.45, 7) is 3.43. The van der Waals surface area contributed by atoms with Gasteiger partial charge >= 0.3 is 0 Å². The highest BCUT2D eigenvalue weighted by atomic mass is 16.3. The van der Waals surface area contributed by atoms with Crippen LogP contribution >= 0.6 is 0 Å². The first kappa shape index (κ1) is 9.29. The Morgan fingerprint density at radius 3 is 3.08 bits per heavy atom. The van der Waals surface area contributed by atoms with Crippen molar-refractivity contribution < 1.29 is 5.11 Å². The molecule has 1 aromatic heterocycles. The Labute approximate surface area is 72.8 Å². The lowest BCUT2D eigenvalue weighted by Crippen LogP contribution is -2.25. The fourth-order valence-corrected chi connectivity index (χ4v) is 0.995. The quantitative estimate of drug-likeness (QED) is 0.611. The Morgan fingerprint density at radius 1 is 1.67 bits per heavy atom. The number of aliphatic hydroxyl groups is 1. The van der Waals surface area contributed by atoms with Crippen molar-refractivity contribution in [1.29, 1.82) is 0 Å². The molecule has 12 heavy (non-hydrogen) atoms. The monoisotopic (exact) mass is 168 g/mol. The molecule has 0 spiro atoms. The van der Waals surface area contributed by atoms with Crippen molar-refractivity contribution in [3.8, 4) is 0 Å². The van der Waals surface area contributed by atoms with Gasteiger partial charge in [0.1, 0.15) is 0 Å². The normalized spacial score (nSPS) is 13.2. The molecule has 0 aliphatic rings. The van der Waals surface area contributed by atoms with Gasteiger partial charge in [-0.2, -0.15) is 0 Å². The highest BCUT2D eigenvalue weighted by Gasteiger charge is 1.98. The number of aromatic nitrogens is 1. The topological polar surface area (TPSA) is 48.0 Å². The SMILES string of the molecule is CCC(O)CNCc1ccc[nH]1. The van der Waals surface area contributed by atoms with E-state index in [2.05, 4.69) is 10.3 Å². The lowest BCUT2D eigenvalue weighted by atomic mass is 10.3. The molecule has 0 fully saturated rings. The molecule has 0 aliphatic carbocycles. The Hall–Kier alpha value is -0.800. The zero-order valence-corrected chi connectivity index (χ0v) is 7.38. The second-order valence-electron chi connectivity index (χ2n) is 2.89. The van der Waals surface area contributed by atoms with Crippen molar-refractivity contribution in [2.75, 3.05) is 6.54 Å². The van der Waals surface area contributed by atoms with Crippen LogP contribution in [0, 0.1) is 0 Å². The van der Waals surface area contributed by atoms with Crippen LogP contribution in [0.1, 0.15) is 19.0 Å². The van der Waals surface area contributed by atoms with E-state index in [1.165, 1.54) is 0 Å². The number of nitrogens with one attached hydrogen (secondary N) is 2. The largest absolute Gasteiger partial charge is 0.392 e. The molecule has 0 saturated heterocycles. The van der Waals surface area contributed by atoms with Crippen molar-refractivity contribution in [1.82, 2.24) is 10.3 Å². The molecule has 1 rings (SSSR count). The fourth-order valence-electron chi connectivity index (χ4n) is 0.995. The van der Waals surface area contributed by atoms with Crippen LogP contribution in [-0.2, 0) is 6.54 Å². The van der Waals surface area contributed by atoms with Crippen LogP contribution in [0.3, 0.4) is 0 Å². The van der Waals surface area contributed by atoms with Crippen molar-refractivity contribution in [3.05, 3.63) is 24.0 Å². The van der Waals surface area contributed by atoms with E-state index in [9.17, 15) is 5.11 Å². The molecule has 1 heterocycles. The van der Waals surface area contributed by atoms with Crippen molar-refractivity contribution in [2.45, 2.75) is 26.0 Å². The average molecular weight is 168 g/mol. The number of H-pyrrole nitrogens is 1. The minimum Gasteiger partial charge on any atom is -0.392 e. The molecule has 0 bridgehead atoms. The van der Waals surface area contributed by atoms with Gasteiger partial charge in [-0.25, -0.2) is 0 Å². The summed E-state index contributed by atoms with van der Waals surface area (Å²) < 4.78 is 0.